The maximum Gasteiger partial charge on any atom is 0.187 e. The van der Waals surface area contributed by atoms with Gasteiger partial charge in [-0.25, -0.2) is 4.85 Å². The molecule has 0 aromatic heterocycles. The highest BCUT2D eigenvalue weighted by atomic mass is 15.2. The van der Waals surface area contributed by atoms with Gasteiger partial charge in [0.05, 0.1) is 41.0 Å². The fraction of sp³-hybridized carbons (Fsp3) is 0.188. The largest absolute Gasteiger partial charge is 0.309 e. The van der Waals surface area contributed by atoms with E-state index in [1.807, 2.05) is 24.3 Å². The van der Waals surface area contributed by atoms with Crippen molar-refractivity contribution in [3.63, 3.8) is 0 Å². The molecular formula is C64H50N4. The summed E-state index contributed by atoms with van der Waals surface area (Å²) in [6.07, 6.45) is 0. The van der Waals surface area contributed by atoms with Crippen LogP contribution in [0.1, 0.15) is 105 Å². The lowest BCUT2D eigenvalue weighted by molar-refractivity contribution is 0.625. The van der Waals surface area contributed by atoms with Crippen molar-refractivity contribution in [1.29, 1.82) is 5.26 Å². The number of nitrogens with zero attached hydrogens (tertiary/aromatic N) is 4. The van der Waals surface area contributed by atoms with E-state index >= 15 is 0 Å². The molecule has 0 N–H and O–H groups in total. The second kappa shape index (κ2) is 13.4. The molecule has 9 aromatic rings. The number of anilines is 6. The van der Waals surface area contributed by atoms with Gasteiger partial charge in [0.1, 0.15) is 0 Å². The summed E-state index contributed by atoms with van der Waals surface area (Å²) in [4.78, 5) is 8.63. The Bertz CT molecular complexity index is 3560. The van der Waals surface area contributed by atoms with Crippen LogP contribution in [0.15, 0.2) is 158 Å². The minimum absolute atomic E-state index is 0.301. The highest BCUT2D eigenvalue weighted by molar-refractivity contribution is 6.16. The summed E-state index contributed by atoms with van der Waals surface area (Å²) in [6.45, 7) is 26.9. The molecule has 4 nitrogen and oxygen atoms in total. The molecular weight excluding hydrogens is 825 g/mol. The molecule has 0 unspecified atom stereocenters. The highest BCUT2D eigenvalue weighted by Gasteiger charge is 2.45. The minimum Gasteiger partial charge on any atom is -0.309 e. The number of nitriles is 1. The van der Waals surface area contributed by atoms with Crippen molar-refractivity contribution >= 4 is 61.4 Å². The fourth-order valence-corrected chi connectivity index (χ4v) is 13.0. The van der Waals surface area contributed by atoms with Crippen molar-refractivity contribution in [2.75, 3.05) is 9.80 Å². The third-order valence-electron chi connectivity index (χ3n) is 16.6. The zero-order valence-electron chi connectivity index (χ0n) is 39.8. The molecule has 0 fully saturated rings. The van der Waals surface area contributed by atoms with Crippen molar-refractivity contribution in [3.05, 3.63) is 219 Å². The normalized spacial score (nSPS) is 16.6. The molecule has 0 saturated carbocycles. The molecule has 9 aromatic carbocycles. The van der Waals surface area contributed by atoms with Gasteiger partial charge in [-0.2, -0.15) is 5.26 Å². The van der Waals surface area contributed by atoms with E-state index in [9.17, 15) is 5.26 Å². The van der Waals surface area contributed by atoms with Gasteiger partial charge in [0, 0.05) is 43.8 Å². The standard InChI is InChI=1S/C64H50N4/c1-61(2)47-18-10-12-22-55(47)67(39-28-24-37(36-65)25-29-39)59-41-16-14-20-49-57(41)45(34-53(59)61)43-32-52-44(33-51(43)63(49,5)6)46-35-54-60(42-17-15-21-50(58(42)46)64(52,7)8)68(40-30-26-38(66-9)27-31-40)56-23-13-11-19-48(56)62(54,3)4/h10-35H,1-8H3. The Balaban J connectivity index is 1.09. The Morgan fingerprint density at radius 1 is 0.412 bits per heavy atom. The van der Waals surface area contributed by atoms with Crippen molar-refractivity contribution in [2.45, 2.75) is 77.0 Å². The van der Waals surface area contributed by atoms with Crippen LogP contribution in [0.2, 0.25) is 0 Å². The third-order valence-corrected chi connectivity index (χ3v) is 16.6. The van der Waals surface area contributed by atoms with E-state index in [1.54, 1.807) is 0 Å². The Labute approximate surface area is 399 Å². The molecule has 68 heavy (non-hydrogen) atoms. The molecule has 0 atom stereocenters. The fourth-order valence-electron chi connectivity index (χ4n) is 13.0. The average Bonchev–Trinajstić information content (AvgIpc) is 3.35. The molecule has 4 aliphatic rings. The van der Waals surface area contributed by atoms with Gasteiger partial charge in [0.2, 0.25) is 0 Å². The van der Waals surface area contributed by atoms with Crippen molar-refractivity contribution in [2.24, 2.45) is 0 Å². The molecule has 0 bridgehead atoms. The summed E-state index contributed by atoms with van der Waals surface area (Å²) in [6, 6.07) is 60.4. The number of benzene rings is 9. The summed E-state index contributed by atoms with van der Waals surface area (Å²) in [5.41, 5.74) is 22.6. The molecule has 2 heterocycles. The van der Waals surface area contributed by atoms with Crippen LogP contribution in [0, 0.1) is 17.9 Å². The highest BCUT2D eigenvalue weighted by Crippen LogP contribution is 2.63. The molecule has 0 saturated heterocycles. The zero-order chi connectivity index (χ0) is 46.8. The average molecular weight is 875 g/mol. The predicted octanol–water partition coefficient (Wildman–Crippen LogP) is 17.2. The monoisotopic (exact) mass is 874 g/mol. The molecule has 0 spiro atoms. The molecule has 0 radical (unpaired) electrons. The van der Waals surface area contributed by atoms with Gasteiger partial charge < -0.3 is 9.80 Å². The first-order chi connectivity index (χ1) is 32.7. The Hall–Kier alpha value is -7.92. The lowest BCUT2D eigenvalue weighted by Gasteiger charge is -2.46. The molecule has 4 heteroatoms. The maximum atomic E-state index is 9.77. The number of hydrogen-bond acceptors (Lipinski definition) is 3. The van der Waals surface area contributed by atoms with E-state index in [2.05, 4.69) is 210 Å². The summed E-state index contributed by atoms with van der Waals surface area (Å²) >= 11 is 0. The second-order valence-corrected chi connectivity index (χ2v) is 21.5. The van der Waals surface area contributed by atoms with E-state index in [0.717, 1.165) is 11.4 Å². The van der Waals surface area contributed by atoms with Gasteiger partial charge in [-0.15, -0.1) is 0 Å². The second-order valence-electron chi connectivity index (χ2n) is 21.5. The van der Waals surface area contributed by atoms with Crippen LogP contribution in [-0.2, 0) is 21.7 Å². The maximum absolute atomic E-state index is 9.77. The van der Waals surface area contributed by atoms with E-state index in [4.69, 9.17) is 6.57 Å². The lowest BCUT2D eigenvalue weighted by Crippen LogP contribution is -2.33. The van der Waals surface area contributed by atoms with Crippen LogP contribution in [0.5, 0.6) is 0 Å². The summed E-state index contributed by atoms with van der Waals surface area (Å²) in [5, 5.41) is 14.9. The molecule has 0 amide bonds. The topological polar surface area (TPSA) is 34.6 Å². The Kier molecular flexibility index (Phi) is 7.94. The summed E-state index contributed by atoms with van der Waals surface area (Å²) in [7, 11) is 0. The van der Waals surface area contributed by atoms with E-state index in [0.29, 0.717) is 11.3 Å². The van der Waals surface area contributed by atoms with Crippen LogP contribution in [0.3, 0.4) is 0 Å². The number of fused-ring (bicyclic) bond motifs is 10. The number of hydrogen-bond donors (Lipinski definition) is 0. The quantitative estimate of drug-likeness (QED) is 0.162. The Morgan fingerprint density at radius 3 is 1.22 bits per heavy atom. The minimum atomic E-state index is -0.326. The first-order valence-corrected chi connectivity index (χ1v) is 23.9. The molecule has 326 valence electrons. The molecule has 13 rings (SSSR count). The van der Waals surface area contributed by atoms with Gasteiger partial charge in [-0.05, 0) is 150 Å². The van der Waals surface area contributed by atoms with Gasteiger partial charge in [-0.1, -0.05) is 140 Å². The smallest absolute Gasteiger partial charge is 0.187 e. The number of rotatable bonds is 2. The summed E-state index contributed by atoms with van der Waals surface area (Å²) in [5.74, 6) is 0. The van der Waals surface area contributed by atoms with Crippen molar-refractivity contribution in [3.8, 4) is 28.3 Å². The molecule has 2 aliphatic carbocycles. The van der Waals surface area contributed by atoms with Crippen molar-refractivity contribution in [1.82, 2.24) is 0 Å². The van der Waals surface area contributed by atoms with Crippen LogP contribution in [0.25, 0.3) is 48.6 Å². The van der Waals surface area contributed by atoms with Crippen LogP contribution >= 0.6 is 0 Å². The van der Waals surface area contributed by atoms with Crippen molar-refractivity contribution < 1.29 is 0 Å². The van der Waals surface area contributed by atoms with Crippen LogP contribution in [-0.4, -0.2) is 0 Å². The predicted molar refractivity (Wildman–Crippen MR) is 281 cm³/mol. The lowest BCUT2D eigenvalue weighted by atomic mass is 9.61. The summed E-state index contributed by atoms with van der Waals surface area (Å²) < 4.78 is 0. The first kappa shape index (κ1) is 40.4. The van der Waals surface area contributed by atoms with Crippen LogP contribution < -0.4 is 9.80 Å². The van der Waals surface area contributed by atoms with Gasteiger partial charge in [0.15, 0.2) is 5.69 Å². The zero-order valence-corrected chi connectivity index (χ0v) is 39.8. The third kappa shape index (κ3) is 5.02. The number of para-hydroxylation sites is 2. The van der Waals surface area contributed by atoms with E-state index in [-0.39, 0.29) is 21.7 Å². The first-order valence-electron chi connectivity index (χ1n) is 23.9. The molecule has 2 aliphatic heterocycles. The van der Waals surface area contributed by atoms with E-state index in [1.165, 1.54) is 111 Å². The van der Waals surface area contributed by atoms with Crippen LogP contribution in [0.4, 0.5) is 39.8 Å². The van der Waals surface area contributed by atoms with E-state index < -0.39 is 0 Å². The van der Waals surface area contributed by atoms with Gasteiger partial charge >= 0.3 is 0 Å². The SMILES string of the molecule is [C-]#[N+]c1ccc(N2c3ccccc3C(C)(C)c3cc4c5c(cccc5c32)C(C)(C)c2cc3c(cc2-4)C(C)(C)c2cccc4c5c(cc-3c24)C(C)(C)c2ccccc2N5c2ccc(C#N)cc2)cc1. The van der Waals surface area contributed by atoms with Gasteiger partial charge in [0.25, 0.3) is 0 Å². The Morgan fingerprint density at radius 2 is 0.794 bits per heavy atom. The van der Waals surface area contributed by atoms with Gasteiger partial charge in [-0.3, -0.25) is 0 Å².